The van der Waals surface area contributed by atoms with E-state index in [0.29, 0.717) is 6.42 Å². The summed E-state index contributed by atoms with van der Waals surface area (Å²) in [7, 11) is 0. The predicted molar refractivity (Wildman–Crippen MR) is 104 cm³/mol. The number of anilines is 1. The van der Waals surface area contributed by atoms with E-state index in [0.717, 1.165) is 22.4 Å². The highest BCUT2D eigenvalue weighted by Gasteiger charge is 2.45. The summed E-state index contributed by atoms with van der Waals surface area (Å²) in [5, 5.41) is 3.51. The molecule has 2 aliphatic heterocycles. The second kappa shape index (κ2) is 7.64. The van der Waals surface area contributed by atoms with Gasteiger partial charge in [0.1, 0.15) is 12.7 Å². The first-order chi connectivity index (χ1) is 13.5. The minimum Gasteiger partial charge on any atom is -0.463 e. The van der Waals surface area contributed by atoms with Crippen LogP contribution >= 0.6 is 0 Å². The largest absolute Gasteiger partial charge is 0.463 e. The van der Waals surface area contributed by atoms with Crippen LogP contribution in [-0.2, 0) is 23.8 Å². The maximum Gasteiger partial charge on any atom is 0.303 e. The number of carbonyl (C=O) groups is 2. The highest BCUT2D eigenvalue weighted by molar-refractivity contribution is 5.72. The summed E-state index contributed by atoms with van der Waals surface area (Å²) >= 11 is 0. The Morgan fingerprint density at radius 1 is 1.07 bits per heavy atom. The predicted octanol–water partition coefficient (Wildman–Crippen LogP) is 3.47. The maximum absolute atomic E-state index is 11.6. The fourth-order valence-corrected chi connectivity index (χ4v) is 3.96. The number of hydrogen-bond acceptors (Lipinski definition) is 6. The molecule has 1 saturated heterocycles. The first kappa shape index (κ1) is 18.5. The van der Waals surface area contributed by atoms with Crippen molar-refractivity contribution in [1.29, 1.82) is 0 Å². The van der Waals surface area contributed by atoms with E-state index in [1.165, 1.54) is 13.8 Å². The second-order valence-electron chi connectivity index (χ2n) is 7.19. The molecule has 0 amide bonds. The molecule has 0 aromatic heterocycles. The van der Waals surface area contributed by atoms with Gasteiger partial charge in [-0.05, 0) is 17.2 Å². The van der Waals surface area contributed by atoms with Gasteiger partial charge < -0.3 is 19.5 Å². The van der Waals surface area contributed by atoms with Gasteiger partial charge >= 0.3 is 11.9 Å². The number of carbonyl (C=O) groups excluding carboxylic acids is 2. The van der Waals surface area contributed by atoms with Crippen molar-refractivity contribution < 1.29 is 23.8 Å². The van der Waals surface area contributed by atoms with Gasteiger partial charge in [0, 0.05) is 31.5 Å². The molecule has 2 heterocycles. The minimum absolute atomic E-state index is 0.0550. The molecule has 0 radical (unpaired) electrons. The fraction of sp³-hybridized carbons (Fsp3) is 0.364. The number of benzene rings is 2. The van der Waals surface area contributed by atoms with Gasteiger partial charge in [-0.2, -0.15) is 0 Å². The monoisotopic (exact) mass is 381 g/mol. The summed E-state index contributed by atoms with van der Waals surface area (Å²) in [6.07, 6.45) is -0.488. The van der Waals surface area contributed by atoms with Crippen LogP contribution in [0.3, 0.4) is 0 Å². The van der Waals surface area contributed by atoms with E-state index in [4.69, 9.17) is 14.2 Å². The molecule has 1 N–H and O–H groups in total. The molecule has 2 aromatic carbocycles. The summed E-state index contributed by atoms with van der Waals surface area (Å²) in [6.45, 7) is 2.78. The van der Waals surface area contributed by atoms with Gasteiger partial charge in [0.25, 0.3) is 0 Å². The highest BCUT2D eigenvalue weighted by atomic mass is 16.6. The molecule has 0 saturated carbocycles. The Bertz CT molecular complexity index is 882. The number of hydrogen-bond donors (Lipinski definition) is 1. The second-order valence-corrected chi connectivity index (χ2v) is 7.19. The summed E-state index contributed by atoms with van der Waals surface area (Å²) in [6, 6.07) is 16.3. The normalized spacial score (nSPS) is 25.2. The Balaban J connectivity index is 1.63. The highest BCUT2D eigenvalue weighted by Crippen LogP contribution is 2.43. The fourth-order valence-electron chi connectivity index (χ4n) is 3.96. The van der Waals surface area contributed by atoms with Crippen molar-refractivity contribution in [2.45, 2.75) is 44.6 Å². The molecule has 2 aromatic rings. The lowest BCUT2D eigenvalue weighted by Crippen LogP contribution is -2.54. The lowest BCUT2D eigenvalue weighted by molar-refractivity contribution is -0.185. The molecule has 6 heteroatoms. The zero-order chi connectivity index (χ0) is 19.7. The number of ether oxygens (including phenoxy) is 3. The van der Waals surface area contributed by atoms with E-state index >= 15 is 0 Å². The molecule has 28 heavy (non-hydrogen) atoms. The third-order valence-electron chi connectivity index (χ3n) is 5.17. The van der Waals surface area contributed by atoms with Crippen LogP contribution in [0.4, 0.5) is 5.69 Å². The first-order valence-electron chi connectivity index (χ1n) is 9.43. The van der Waals surface area contributed by atoms with Gasteiger partial charge in [0.15, 0.2) is 6.10 Å². The van der Waals surface area contributed by atoms with Gasteiger partial charge in [-0.15, -0.1) is 0 Å². The van der Waals surface area contributed by atoms with Crippen LogP contribution in [0.25, 0.3) is 11.1 Å². The van der Waals surface area contributed by atoms with E-state index in [1.54, 1.807) is 0 Å². The van der Waals surface area contributed by atoms with Gasteiger partial charge in [0.2, 0.25) is 0 Å². The molecule has 0 aliphatic carbocycles. The third-order valence-corrected chi connectivity index (χ3v) is 5.17. The maximum atomic E-state index is 11.6. The number of nitrogens with one attached hydrogen (secondary N) is 1. The van der Waals surface area contributed by atoms with Gasteiger partial charge in [-0.3, -0.25) is 9.59 Å². The standard InChI is InChI=1S/C22H23NO5/c1-13(24)26-12-21-22(27-14(2)25)19-11-20(28-21)17-9-8-16(10-18(17)23-19)15-6-4-3-5-7-15/h3-10,19-23H,11-12H2,1-2H3/t19-,20-,21+,22-/m0/s1. The summed E-state index contributed by atoms with van der Waals surface area (Å²) < 4.78 is 16.9. The van der Waals surface area contributed by atoms with Crippen molar-refractivity contribution in [3.05, 3.63) is 54.1 Å². The average molecular weight is 381 g/mol. The van der Waals surface area contributed by atoms with Crippen LogP contribution in [-0.4, -0.2) is 36.8 Å². The van der Waals surface area contributed by atoms with E-state index in [-0.39, 0.29) is 30.7 Å². The number of esters is 2. The van der Waals surface area contributed by atoms with Crippen LogP contribution in [0, 0.1) is 0 Å². The van der Waals surface area contributed by atoms with E-state index < -0.39 is 12.2 Å². The van der Waals surface area contributed by atoms with Crippen LogP contribution in [0.2, 0.25) is 0 Å². The van der Waals surface area contributed by atoms with Crippen molar-refractivity contribution in [3.8, 4) is 11.1 Å². The smallest absolute Gasteiger partial charge is 0.303 e. The SMILES string of the molecule is CC(=O)OC[C@H]1O[C@H]2C[C@H](Nc3cc(-c4ccccc4)ccc32)[C@@H]1OC(C)=O. The van der Waals surface area contributed by atoms with Gasteiger partial charge in [0.05, 0.1) is 12.1 Å². The van der Waals surface area contributed by atoms with Crippen LogP contribution < -0.4 is 5.32 Å². The Morgan fingerprint density at radius 2 is 1.86 bits per heavy atom. The molecule has 4 rings (SSSR count). The van der Waals surface area contributed by atoms with Crippen LogP contribution in [0.15, 0.2) is 48.5 Å². The molecule has 1 fully saturated rings. The molecule has 0 unspecified atom stereocenters. The zero-order valence-electron chi connectivity index (χ0n) is 15.9. The third kappa shape index (κ3) is 3.73. The molecule has 0 spiro atoms. The van der Waals surface area contributed by atoms with Crippen molar-refractivity contribution in [2.24, 2.45) is 0 Å². The summed E-state index contributed by atoms with van der Waals surface area (Å²) in [5.41, 5.74) is 4.27. The Kier molecular flexibility index (Phi) is 5.05. The van der Waals surface area contributed by atoms with Gasteiger partial charge in [-0.25, -0.2) is 0 Å². The summed E-state index contributed by atoms with van der Waals surface area (Å²) in [5.74, 6) is -0.771. The summed E-state index contributed by atoms with van der Waals surface area (Å²) in [4.78, 5) is 22.9. The van der Waals surface area contributed by atoms with Gasteiger partial charge in [-0.1, -0.05) is 42.5 Å². The minimum atomic E-state index is -0.526. The molecular formula is C22H23NO5. The molecular weight excluding hydrogens is 358 g/mol. The zero-order valence-corrected chi connectivity index (χ0v) is 15.9. The lowest BCUT2D eigenvalue weighted by atomic mass is 9.86. The van der Waals surface area contributed by atoms with Crippen molar-refractivity contribution >= 4 is 17.6 Å². The molecule has 4 atom stereocenters. The first-order valence-corrected chi connectivity index (χ1v) is 9.43. The molecule has 146 valence electrons. The Labute approximate surface area is 163 Å². The average Bonchev–Trinajstić information content (AvgIpc) is 2.68. The molecule has 2 aliphatic rings. The van der Waals surface area contributed by atoms with E-state index in [1.807, 2.05) is 18.2 Å². The molecule has 2 bridgehead atoms. The van der Waals surface area contributed by atoms with Crippen molar-refractivity contribution in [3.63, 3.8) is 0 Å². The number of fused-ring (bicyclic) bond motifs is 4. The molecule has 6 nitrogen and oxygen atoms in total. The van der Waals surface area contributed by atoms with Crippen molar-refractivity contribution in [2.75, 3.05) is 11.9 Å². The quantitative estimate of drug-likeness (QED) is 0.818. The van der Waals surface area contributed by atoms with Crippen LogP contribution in [0.5, 0.6) is 0 Å². The van der Waals surface area contributed by atoms with Crippen LogP contribution in [0.1, 0.15) is 31.9 Å². The topological polar surface area (TPSA) is 73.9 Å². The van der Waals surface area contributed by atoms with Crippen molar-refractivity contribution in [1.82, 2.24) is 0 Å². The lowest BCUT2D eigenvalue weighted by Gasteiger charge is -2.45. The van der Waals surface area contributed by atoms with E-state index in [2.05, 4.69) is 35.6 Å². The van der Waals surface area contributed by atoms with E-state index in [9.17, 15) is 9.59 Å². The Hall–Kier alpha value is -2.86. The number of rotatable bonds is 4. The Morgan fingerprint density at radius 3 is 2.57 bits per heavy atom.